The van der Waals surface area contributed by atoms with Crippen molar-refractivity contribution in [3.63, 3.8) is 0 Å². The molecule has 0 aliphatic carbocycles. The fourth-order valence-electron chi connectivity index (χ4n) is 7.42. The van der Waals surface area contributed by atoms with Gasteiger partial charge >= 0.3 is 0 Å². The van der Waals surface area contributed by atoms with Crippen LogP contribution in [0.4, 0.5) is 0 Å². The van der Waals surface area contributed by atoms with Gasteiger partial charge in [0.1, 0.15) is 0 Å². The summed E-state index contributed by atoms with van der Waals surface area (Å²) in [6.45, 7) is 26.3. The molecule has 4 aliphatic rings. The Morgan fingerprint density at radius 2 is 0.939 bits per heavy atom. The van der Waals surface area contributed by atoms with Gasteiger partial charge in [-0.15, -0.1) is 0 Å². The van der Waals surface area contributed by atoms with Gasteiger partial charge in [-0.1, -0.05) is 0 Å². The zero-order valence-corrected chi connectivity index (χ0v) is 23.1. The van der Waals surface area contributed by atoms with Crippen LogP contribution in [0.3, 0.4) is 0 Å². The highest BCUT2D eigenvalue weighted by Crippen LogP contribution is 2.35. The van der Waals surface area contributed by atoms with Gasteiger partial charge in [0.15, 0.2) is 0 Å². The van der Waals surface area contributed by atoms with E-state index in [2.05, 4.69) is 61.1 Å². The Morgan fingerprint density at radius 1 is 0.515 bits per heavy atom. The van der Waals surface area contributed by atoms with Gasteiger partial charge < -0.3 is 9.80 Å². The normalized spacial score (nSPS) is 28.5. The molecular formula is C29H56N4. The predicted octanol–water partition coefficient (Wildman–Crippen LogP) is 5.18. The van der Waals surface area contributed by atoms with Gasteiger partial charge in [0.2, 0.25) is 0 Å². The Bertz CT molecular complexity index is 574. The molecule has 0 spiro atoms. The lowest BCUT2D eigenvalue weighted by atomic mass is 9.77. The molecule has 0 aromatic carbocycles. The lowest BCUT2D eigenvalue weighted by Gasteiger charge is -2.46. The summed E-state index contributed by atoms with van der Waals surface area (Å²) in [5.74, 6) is 2.93. The Labute approximate surface area is 206 Å². The lowest BCUT2D eigenvalue weighted by molar-refractivity contribution is 0.0290. The topological polar surface area (TPSA) is 13.0 Å². The molecule has 0 aromatic heterocycles. The maximum atomic E-state index is 2.89. The summed E-state index contributed by atoms with van der Waals surface area (Å²) in [5.41, 5.74) is 0.702. The first kappa shape index (κ1) is 25.9. The zero-order valence-electron chi connectivity index (χ0n) is 23.1. The third kappa shape index (κ3) is 6.96. The summed E-state index contributed by atoms with van der Waals surface area (Å²) in [6, 6.07) is 0.868. The molecule has 0 aromatic rings. The average molecular weight is 461 g/mol. The van der Waals surface area contributed by atoms with Crippen molar-refractivity contribution >= 4 is 0 Å². The molecule has 192 valence electrons. The minimum absolute atomic E-state index is 0.348. The molecule has 4 aliphatic heterocycles. The minimum Gasteiger partial charge on any atom is -0.303 e. The Hall–Kier alpha value is -0.160. The van der Waals surface area contributed by atoms with Crippen LogP contribution < -0.4 is 0 Å². The van der Waals surface area contributed by atoms with Crippen LogP contribution in [0.15, 0.2) is 0 Å². The second kappa shape index (κ2) is 10.8. The van der Waals surface area contributed by atoms with Gasteiger partial charge in [-0.3, -0.25) is 9.80 Å². The highest BCUT2D eigenvalue weighted by Gasteiger charge is 2.35. The van der Waals surface area contributed by atoms with Crippen molar-refractivity contribution < 1.29 is 0 Å². The Morgan fingerprint density at radius 3 is 1.39 bits per heavy atom. The quantitative estimate of drug-likeness (QED) is 0.573. The van der Waals surface area contributed by atoms with Crippen LogP contribution in [0.5, 0.6) is 0 Å². The molecule has 0 amide bonds. The second-order valence-corrected chi connectivity index (χ2v) is 14.0. The summed E-state index contributed by atoms with van der Waals surface area (Å²) in [6.07, 6.45) is 11.4. The first-order chi connectivity index (χ1) is 15.6. The predicted molar refractivity (Wildman–Crippen MR) is 142 cm³/mol. The summed E-state index contributed by atoms with van der Waals surface area (Å²) >= 11 is 0. The largest absolute Gasteiger partial charge is 0.303 e. The molecule has 0 atom stereocenters. The number of hydrogen-bond acceptors (Lipinski definition) is 4. The fourth-order valence-corrected chi connectivity index (χ4v) is 7.42. The third-order valence-corrected chi connectivity index (χ3v) is 9.88. The van der Waals surface area contributed by atoms with Crippen LogP contribution in [0.1, 0.15) is 92.9 Å². The van der Waals surface area contributed by atoms with Crippen molar-refractivity contribution in [3.8, 4) is 0 Å². The number of likely N-dealkylation sites (tertiary alicyclic amines) is 4. The van der Waals surface area contributed by atoms with Crippen LogP contribution in [-0.2, 0) is 0 Å². The number of hydrogen-bond donors (Lipinski definition) is 0. The van der Waals surface area contributed by atoms with Crippen molar-refractivity contribution in [1.29, 1.82) is 0 Å². The van der Waals surface area contributed by atoms with E-state index in [1.165, 1.54) is 110 Å². The molecule has 4 heterocycles. The van der Waals surface area contributed by atoms with Gasteiger partial charge in [-0.2, -0.15) is 0 Å². The molecule has 4 saturated heterocycles. The Balaban J connectivity index is 1.12. The molecule has 0 saturated carbocycles. The molecule has 0 unspecified atom stereocenters. The summed E-state index contributed by atoms with van der Waals surface area (Å²) in [5, 5.41) is 0. The van der Waals surface area contributed by atoms with E-state index in [0.717, 1.165) is 23.8 Å². The first-order valence-corrected chi connectivity index (χ1v) is 14.6. The Kier molecular flexibility index (Phi) is 8.52. The van der Waals surface area contributed by atoms with Gasteiger partial charge in [-0.05, 0) is 163 Å². The van der Waals surface area contributed by atoms with Crippen LogP contribution in [-0.4, -0.2) is 95.6 Å². The van der Waals surface area contributed by atoms with Crippen molar-refractivity contribution in [2.75, 3.05) is 58.9 Å². The van der Waals surface area contributed by atoms with Gasteiger partial charge in [-0.25, -0.2) is 0 Å². The van der Waals surface area contributed by atoms with Gasteiger partial charge in [0.05, 0.1) is 0 Å². The zero-order chi connectivity index (χ0) is 23.6. The number of nitrogens with zero attached hydrogens (tertiary/aromatic N) is 4. The van der Waals surface area contributed by atoms with Crippen molar-refractivity contribution in [2.24, 2.45) is 17.8 Å². The maximum Gasteiger partial charge on any atom is 0.0125 e. The summed E-state index contributed by atoms with van der Waals surface area (Å²) in [4.78, 5) is 11.1. The third-order valence-electron chi connectivity index (χ3n) is 9.88. The highest BCUT2D eigenvalue weighted by molar-refractivity contribution is 4.89. The molecule has 0 N–H and O–H groups in total. The highest BCUT2D eigenvalue weighted by atomic mass is 15.2. The summed E-state index contributed by atoms with van der Waals surface area (Å²) < 4.78 is 0. The van der Waals surface area contributed by atoms with E-state index in [1.807, 2.05) is 0 Å². The average Bonchev–Trinajstić information content (AvgIpc) is 2.79. The van der Waals surface area contributed by atoms with Gasteiger partial charge in [0.25, 0.3) is 0 Å². The molecule has 4 heteroatoms. The molecule has 0 bridgehead atoms. The van der Waals surface area contributed by atoms with E-state index in [4.69, 9.17) is 0 Å². The van der Waals surface area contributed by atoms with Crippen molar-refractivity contribution in [2.45, 2.75) is 110 Å². The standard InChI is InChI=1S/C29H56N4/c1-28(2,3)32-19-7-24(8-20-32)23-30-15-13-27(14-16-30)31-17-9-25(10-18-31)26-11-21-33(22-12-26)29(4,5)6/h24-27H,7-23H2,1-6H3. The van der Waals surface area contributed by atoms with Gasteiger partial charge in [0, 0.05) is 23.7 Å². The van der Waals surface area contributed by atoms with E-state index < -0.39 is 0 Å². The molecule has 4 rings (SSSR count). The molecule has 4 fully saturated rings. The number of piperidine rings is 4. The fraction of sp³-hybridized carbons (Fsp3) is 1.00. The van der Waals surface area contributed by atoms with Crippen LogP contribution in [0, 0.1) is 17.8 Å². The van der Waals surface area contributed by atoms with Crippen molar-refractivity contribution in [1.82, 2.24) is 19.6 Å². The first-order valence-electron chi connectivity index (χ1n) is 14.6. The van der Waals surface area contributed by atoms with E-state index in [1.54, 1.807) is 0 Å². The molecular weight excluding hydrogens is 404 g/mol. The lowest BCUT2D eigenvalue weighted by Crippen LogP contribution is -2.51. The second-order valence-electron chi connectivity index (χ2n) is 14.0. The SMILES string of the molecule is CC(C)(C)N1CCC(CN2CCC(N3CCC(C4CCN(C(C)(C)C)CC4)CC3)CC2)CC1. The van der Waals surface area contributed by atoms with Crippen LogP contribution >= 0.6 is 0 Å². The van der Waals surface area contributed by atoms with E-state index in [9.17, 15) is 0 Å². The van der Waals surface area contributed by atoms with Crippen LogP contribution in [0.2, 0.25) is 0 Å². The molecule has 4 nitrogen and oxygen atoms in total. The summed E-state index contributed by atoms with van der Waals surface area (Å²) in [7, 11) is 0. The van der Waals surface area contributed by atoms with Crippen molar-refractivity contribution in [3.05, 3.63) is 0 Å². The number of rotatable bonds is 4. The van der Waals surface area contributed by atoms with E-state index in [0.29, 0.717) is 11.1 Å². The smallest absolute Gasteiger partial charge is 0.0125 e. The monoisotopic (exact) mass is 460 g/mol. The van der Waals surface area contributed by atoms with E-state index in [-0.39, 0.29) is 0 Å². The maximum absolute atomic E-state index is 2.89. The minimum atomic E-state index is 0.348. The van der Waals surface area contributed by atoms with Crippen LogP contribution in [0.25, 0.3) is 0 Å². The molecule has 33 heavy (non-hydrogen) atoms. The van der Waals surface area contributed by atoms with E-state index >= 15 is 0 Å². The molecule has 0 radical (unpaired) electrons.